The minimum Gasteiger partial charge on any atom is -0.300 e. The Hall–Kier alpha value is -0.930. The number of hydrogen-bond acceptors (Lipinski definition) is 3. The van der Waals surface area contributed by atoms with E-state index in [1.165, 1.54) is 11.1 Å². The smallest absolute Gasteiger partial charge is 0.131 e. The molecule has 0 unspecified atom stereocenters. The molecule has 1 spiro atoms. The predicted molar refractivity (Wildman–Crippen MR) is 95.3 cm³/mol. The molecule has 2 bridgehead atoms. The van der Waals surface area contributed by atoms with Crippen LogP contribution in [-0.4, -0.2) is 17.0 Å². The summed E-state index contributed by atoms with van der Waals surface area (Å²) in [6.07, 6.45) is 7.90. The molecule has 1 saturated heterocycles. The van der Waals surface area contributed by atoms with Gasteiger partial charge >= 0.3 is 0 Å². The molecule has 3 nitrogen and oxygen atoms in total. The number of carbonyl (C=O) groups excluding carboxylic acids is 1. The molecule has 2 fully saturated rings. The third kappa shape index (κ3) is 2.35. The van der Waals surface area contributed by atoms with Gasteiger partial charge in [-0.1, -0.05) is 32.9 Å². The van der Waals surface area contributed by atoms with E-state index in [9.17, 15) is 4.79 Å². The van der Waals surface area contributed by atoms with Crippen LogP contribution in [-0.2, 0) is 14.6 Å². The third-order valence-corrected chi connectivity index (χ3v) is 7.11. The van der Waals surface area contributed by atoms with E-state index < -0.39 is 0 Å². The molecule has 4 atom stereocenters. The fourth-order valence-corrected chi connectivity index (χ4v) is 5.40. The van der Waals surface area contributed by atoms with Gasteiger partial charge < -0.3 is 4.79 Å². The van der Waals surface area contributed by atoms with Crippen LogP contribution in [0.25, 0.3) is 0 Å². The molecule has 0 aromatic heterocycles. The molecule has 1 saturated carbocycles. The molecule has 2 heterocycles. The minimum atomic E-state index is -0.388. The van der Waals surface area contributed by atoms with Gasteiger partial charge in [0.1, 0.15) is 17.0 Å². The summed E-state index contributed by atoms with van der Waals surface area (Å²) < 4.78 is 0. The van der Waals surface area contributed by atoms with Crippen molar-refractivity contribution in [3.05, 3.63) is 23.8 Å². The van der Waals surface area contributed by atoms with Crippen LogP contribution in [0.1, 0.15) is 73.1 Å². The molecule has 134 valence electrons. The average Bonchev–Trinajstić information content (AvgIpc) is 2.53. The normalized spacial score (nSPS) is 41.1. The number of ketones is 1. The Morgan fingerprint density at radius 1 is 1.33 bits per heavy atom. The number of rotatable bonds is 5. The maximum atomic E-state index is 11.7. The fraction of sp³-hybridized carbons (Fsp3) is 0.762. The van der Waals surface area contributed by atoms with Gasteiger partial charge in [0.2, 0.25) is 0 Å². The molecule has 2 aliphatic heterocycles. The van der Waals surface area contributed by atoms with Gasteiger partial charge in [-0.25, -0.2) is 9.78 Å². The largest absolute Gasteiger partial charge is 0.300 e. The van der Waals surface area contributed by atoms with Crippen molar-refractivity contribution in [1.82, 2.24) is 0 Å². The van der Waals surface area contributed by atoms with E-state index in [4.69, 9.17) is 9.78 Å². The second-order valence-corrected chi connectivity index (χ2v) is 8.83. The number of Topliss-reactive ketones (excluding diaryl/α,β-unsaturated/α-hetero) is 1. The van der Waals surface area contributed by atoms with Gasteiger partial charge in [0.15, 0.2) is 0 Å². The third-order valence-electron chi connectivity index (χ3n) is 7.11. The van der Waals surface area contributed by atoms with E-state index in [0.29, 0.717) is 18.3 Å². The monoisotopic (exact) mass is 332 g/mol. The Morgan fingerprint density at radius 2 is 2.04 bits per heavy atom. The zero-order valence-electron chi connectivity index (χ0n) is 15.9. The Balaban J connectivity index is 2.05. The van der Waals surface area contributed by atoms with Crippen LogP contribution in [0.2, 0.25) is 0 Å². The van der Waals surface area contributed by atoms with E-state index in [-0.39, 0.29) is 22.4 Å². The van der Waals surface area contributed by atoms with Gasteiger partial charge in [0.25, 0.3) is 0 Å². The summed E-state index contributed by atoms with van der Waals surface area (Å²) in [5.74, 6) is 1.00. The van der Waals surface area contributed by atoms with Crippen LogP contribution in [0.3, 0.4) is 0 Å². The highest BCUT2D eigenvalue weighted by atomic mass is 17.2. The SMILES string of the molecule is C=C(C)[C@@H]1CCC2=C[C@@]3(C(C)C)CC[C@]2(OO3)[C@@]1(C)CCC(C)=O. The van der Waals surface area contributed by atoms with Gasteiger partial charge in [-0.3, -0.25) is 0 Å². The van der Waals surface area contributed by atoms with E-state index in [1.807, 2.05) is 0 Å². The van der Waals surface area contributed by atoms with Crippen LogP contribution in [0.5, 0.6) is 0 Å². The highest BCUT2D eigenvalue weighted by Gasteiger charge is 2.65. The number of hydrogen-bond donors (Lipinski definition) is 0. The summed E-state index contributed by atoms with van der Waals surface area (Å²) in [7, 11) is 0. The first-order valence-electron chi connectivity index (χ1n) is 9.41. The number of fused-ring (bicyclic) bond motifs is 2. The number of allylic oxidation sites excluding steroid dienone is 1. The molecule has 0 aromatic rings. The lowest BCUT2D eigenvalue weighted by Crippen LogP contribution is -2.65. The van der Waals surface area contributed by atoms with Crippen molar-refractivity contribution >= 4 is 5.78 Å². The van der Waals surface area contributed by atoms with Crippen LogP contribution < -0.4 is 0 Å². The molecule has 24 heavy (non-hydrogen) atoms. The second-order valence-electron chi connectivity index (χ2n) is 8.83. The van der Waals surface area contributed by atoms with E-state index in [2.05, 4.69) is 40.3 Å². The van der Waals surface area contributed by atoms with Crippen LogP contribution in [0, 0.1) is 17.3 Å². The first-order valence-corrected chi connectivity index (χ1v) is 9.41. The van der Waals surface area contributed by atoms with E-state index in [0.717, 1.165) is 32.1 Å². The quantitative estimate of drug-likeness (QED) is 0.515. The topological polar surface area (TPSA) is 35.5 Å². The summed E-state index contributed by atoms with van der Waals surface area (Å²) >= 11 is 0. The molecule has 3 heteroatoms. The highest BCUT2D eigenvalue weighted by molar-refractivity contribution is 5.75. The molecule has 2 aliphatic carbocycles. The van der Waals surface area contributed by atoms with Gasteiger partial charge in [-0.2, -0.15) is 0 Å². The predicted octanol–water partition coefficient (Wildman–Crippen LogP) is 5.16. The molecule has 4 rings (SSSR count). The van der Waals surface area contributed by atoms with Crippen molar-refractivity contribution in [3.8, 4) is 0 Å². The number of carbonyl (C=O) groups is 1. The fourth-order valence-electron chi connectivity index (χ4n) is 5.40. The first kappa shape index (κ1) is 17.9. The Bertz CT molecular complexity index is 578. The summed E-state index contributed by atoms with van der Waals surface area (Å²) in [4.78, 5) is 24.0. The van der Waals surface area contributed by atoms with Crippen molar-refractivity contribution in [2.24, 2.45) is 17.3 Å². The first-order chi connectivity index (χ1) is 11.2. The lowest BCUT2D eigenvalue weighted by atomic mass is 9.49. The zero-order chi connectivity index (χ0) is 17.8. The maximum absolute atomic E-state index is 11.7. The maximum Gasteiger partial charge on any atom is 0.131 e. The van der Waals surface area contributed by atoms with Crippen molar-refractivity contribution < 1.29 is 14.6 Å². The van der Waals surface area contributed by atoms with Crippen molar-refractivity contribution in [1.29, 1.82) is 0 Å². The zero-order valence-corrected chi connectivity index (χ0v) is 15.9. The van der Waals surface area contributed by atoms with Crippen LogP contribution in [0.4, 0.5) is 0 Å². The van der Waals surface area contributed by atoms with Crippen molar-refractivity contribution in [3.63, 3.8) is 0 Å². The molecule has 0 aromatic carbocycles. The van der Waals surface area contributed by atoms with Gasteiger partial charge in [0.05, 0.1) is 0 Å². The molecular formula is C21H32O3. The summed E-state index contributed by atoms with van der Waals surface area (Å²) in [6.45, 7) is 14.8. The van der Waals surface area contributed by atoms with Crippen molar-refractivity contribution in [2.75, 3.05) is 0 Å². The van der Waals surface area contributed by atoms with Crippen LogP contribution in [0.15, 0.2) is 23.8 Å². The van der Waals surface area contributed by atoms with Crippen LogP contribution >= 0.6 is 0 Å². The molecular weight excluding hydrogens is 300 g/mol. The van der Waals surface area contributed by atoms with Gasteiger partial charge in [-0.15, -0.1) is 0 Å². The Kier molecular flexibility index (Phi) is 4.33. The minimum absolute atomic E-state index is 0.141. The lowest BCUT2D eigenvalue weighted by Gasteiger charge is -2.63. The van der Waals surface area contributed by atoms with Gasteiger partial charge in [0, 0.05) is 11.8 Å². The highest BCUT2D eigenvalue weighted by Crippen LogP contribution is 2.64. The molecule has 0 N–H and O–H groups in total. The molecule has 4 aliphatic rings. The second kappa shape index (κ2) is 5.81. The lowest BCUT2D eigenvalue weighted by molar-refractivity contribution is -0.461. The standard InChI is InChI=1S/C21H32O3/c1-14(2)18-8-7-17-13-20(15(3)4)11-12-21(17,24-23-20)19(18,6)10-9-16(5)22/h13,15,18H,1,7-12H2,2-6H3/t18-,19-,20+,21+/m0/s1. The summed E-state index contributed by atoms with van der Waals surface area (Å²) in [5.41, 5.74) is 1.80. The molecule has 0 amide bonds. The Labute approximate surface area is 146 Å². The Morgan fingerprint density at radius 3 is 2.54 bits per heavy atom. The van der Waals surface area contributed by atoms with Gasteiger partial charge in [-0.05, 0) is 69.4 Å². The average molecular weight is 332 g/mol. The van der Waals surface area contributed by atoms with E-state index >= 15 is 0 Å². The van der Waals surface area contributed by atoms with Crippen molar-refractivity contribution in [2.45, 2.75) is 84.3 Å². The summed E-state index contributed by atoms with van der Waals surface area (Å²) in [5, 5.41) is 0. The van der Waals surface area contributed by atoms with E-state index in [1.54, 1.807) is 6.92 Å². The molecule has 0 radical (unpaired) electrons. The summed E-state index contributed by atoms with van der Waals surface area (Å²) in [6, 6.07) is 0.